The van der Waals surface area contributed by atoms with Crippen molar-refractivity contribution in [1.29, 1.82) is 0 Å². The van der Waals surface area contributed by atoms with E-state index in [0.717, 1.165) is 37.3 Å². The van der Waals surface area contributed by atoms with Crippen molar-refractivity contribution in [2.24, 2.45) is 0 Å². The van der Waals surface area contributed by atoms with Gasteiger partial charge in [-0.2, -0.15) is 0 Å². The van der Waals surface area contributed by atoms with Crippen molar-refractivity contribution in [3.8, 4) is 5.69 Å². The molecular formula is C18H21N7O. The Morgan fingerprint density at radius 2 is 2.15 bits per heavy atom. The number of hydrogen-bond acceptors (Lipinski definition) is 5. The van der Waals surface area contributed by atoms with Gasteiger partial charge in [0.05, 0.1) is 18.1 Å². The van der Waals surface area contributed by atoms with E-state index >= 15 is 0 Å². The van der Waals surface area contributed by atoms with Crippen LogP contribution in [0.4, 0.5) is 5.69 Å². The van der Waals surface area contributed by atoms with Gasteiger partial charge in [-0.15, -0.1) is 5.10 Å². The fourth-order valence-corrected chi connectivity index (χ4v) is 3.30. The molecular weight excluding hydrogens is 330 g/mol. The second-order valence-electron chi connectivity index (χ2n) is 6.42. The number of benzene rings is 1. The standard InChI is InChI=1S/C18H21N7O/c1-13-17(22-23-25(13)15-5-7-19-8-6-15)18(26)21-14-3-2-4-16(11-14)24-10-9-20-12-24/h2-4,9-12,15,19H,5-8H2,1H3,(H,21,26). The van der Waals surface area contributed by atoms with Crippen molar-refractivity contribution in [3.05, 3.63) is 54.4 Å². The largest absolute Gasteiger partial charge is 0.320 e. The van der Waals surface area contributed by atoms with Gasteiger partial charge in [-0.25, -0.2) is 9.67 Å². The van der Waals surface area contributed by atoms with Crippen LogP contribution in [0, 0.1) is 6.92 Å². The van der Waals surface area contributed by atoms with Crippen LogP contribution in [0.2, 0.25) is 0 Å². The molecule has 8 heteroatoms. The minimum Gasteiger partial charge on any atom is -0.320 e. The summed E-state index contributed by atoms with van der Waals surface area (Å²) in [4.78, 5) is 16.7. The number of anilines is 1. The van der Waals surface area contributed by atoms with Gasteiger partial charge < -0.3 is 15.2 Å². The highest BCUT2D eigenvalue weighted by molar-refractivity contribution is 6.03. The Hall–Kier alpha value is -3.00. The number of hydrogen-bond donors (Lipinski definition) is 2. The van der Waals surface area contributed by atoms with Crippen LogP contribution in [-0.2, 0) is 0 Å². The third-order valence-corrected chi connectivity index (χ3v) is 4.70. The van der Waals surface area contributed by atoms with E-state index in [4.69, 9.17) is 0 Å². The van der Waals surface area contributed by atoms with Crippen molar-refractivity contribution in [2.75, 3.05) is 18.4 Å². The van der Waals surface area contributed by atoms with E-state index in [1.54, 1.807) is 12.5 Å². The lowest BCUT2D eigenvalue weighted by molar-refractivity contribution is 0.102. The Bertz CT molecular complexity index is 894. The van der Waals surface area contributed by atoms with Crippen molar-refractivity contribution < 1.29 is 4.79 Å². The highest BCUT2D eigenvalue weighted by Gasteiger charge is 2.23. The molecule has 1 aromatic carbocycles. The molecule has 8 nitrogen and oxygen atoms in total. The van der Waals surface area contributed by atoms with Gasteiger partial charge in [-0.05, 0) is 51.1 Å². The lowest BCUT2D eigenvalue weighted by Gasteiger charge is -2.23. The van der Waals surface area contributed by atoms with Gasteiger partial charge in [-0.3, -0.25) is 4.79 Å². The minimum absolute atomic E-state index is 0.245. The predicted molar refractivity (Wildman–Crippen MR) is 97.4 cm³/mol. The van der Waals surface area contributed by atoms with E-state index in [1.807, 2.05) is 46.6 Å². The molecule has 1 aliphatic rings. The quantitative estimate of drug-likeness (QED) is 0.750. The van der Waals surface area contributed by atoms with E-state index in [2.05, 4.69) is 25.9 Å². The highest BCUT2D eigenvalue weighted by atomic mass is 16.2. The van der Waals surface area contributed by atoms with E-state index in [-0.39, 0.29) is 5.91 Å². The first kappa shape index (κ1) is 16.5. The summed E-state index contributed by atoms with van der Waals surface area (Å²) in [6, 6.07) is 7.89. The van der Waals surface area contributed by atoms with E-state index in [9.17, 15) is 4.79 Å². The molecule has 2 aromatic heterocycles. The first-order valence-corrected chi connectivity index (χ1v) is 8.74. The summed E-state index contributed by atoms with van der Waals surface area (Å²) in [6.45, 7) is 3.83. The van der Waals surface area contributed by atoms with E-state index < -0.39 is 0 Å². The second kappa shape index (κ2) is 7.09. The molecule has 0 saturated carbocycles. The molecule has 134 valence electrons. The number of nitrogens with zero attached hydrogens (tertiary/aromatic N) is 5. The van der Waals surface area contributed by atoms with Crippen molar-refractivity contribution in [2.45, 2.75) is 25.8 Å². The number of carbonyl (C=O) groups excluding carboxylic acids is 1. The van der Waals surface area contributed by atoms with Gasteiger partial charge in [0.2, 0.25) is 0 Å². The molecule has 0 bridgehead atoms. The van der Waals surface area contributed by atoms with Crippen LogP contribution in [0.15, 0.2) is 43.0 Å². The summed E-state index contributed by atoms with van der Waals surface area (Å²) in [5, 5.41) is 14.6. The number of aromatic nitrogens is 5. The Kier molecular flexibility index (Phi) is 4.49. The Morgan fingerprint density at radius 1 is 1.31 bits per heavy atom. The molecule has 3 aromatic rings. The number of amides is 1. The Morgan fingerprint density at radius 3 is 2.92 bits per heavy atom. The molecule has 2 N–H and O–H groups in total. The van der Waals surface area contributed by atoms with Crippen LogP contribution in [-0.4, -0.2) is 43.5 Å². The molecule has 1 amide bonds. The highest BCUT2D eigenvalue weighted by Crippen LogP contribution is 2.21. The van der Waals surface area contributed by atoms with Crippen LogP contribution in [0.5, 0.6) is 0 Å². The summed E-state index contributed by atoms with van der Waals surface area (Å²) in [5.41, 5.74) is 2.81. The monoisotopic (exact) mass is 351 g/mol. The first-order valence-electron chi connectivity index (χ1n) is 8.74. The van der Waals surface area contributed by atoms with Crippen molar-refractivity contribution in [3.63, 3.8) is 0 Å². The average molecular weight is 351 g/mol. The second-order valence-corrected chi connectivity index (χ2v) is 6.42. The third kappa shape index (κ3) is 3.23. The lowest BCUT2D eigenvalue weighted by atomic mass is 10.1. The topological polar surface area (TPSA) is 89.7 Å². The molecule has 0 radical (unpaired) electrons. The average Bonchev–Trinajstić information content (AvgIpc) is 3.32. The van der Waals surface area contributed by atoms with E-state index in [0.29, 0.717) is 17.4 Å². The van der Waals surface area contributed by atoms with Gasteiger partial charge >= 0.3 is 0 Å². The zero-order chi connectivity index (χ0) is 17.9. The van der Waals surface area contributed by atoms with Gasteiger partial charge in [0.15, 0.2) is 5.69 Å². The maximum Gasteiger partial charge on any atom is 0.278 e. The van der Waals surface area contributed by atoms with Crippen LogP contribution in [0.3, 0.4) is 0 Å². The molecule has 0 spiro atoms. The Labute approximate surface area is 151 Å². The van der Waals surface area contributed by atoms with Gasteiger partial charge in [-0.1, -0.05) is 11.3 Å². The lowest BCUT2D eigenvalue weighted by Crippen LogP contribution is -2.30. The molecule has 0 unspecified atom stereocenters. The van der Waals surface area contributed by atoms with Crippen LogP contribution >= 0.6 is 0 Å². The molecule has 4 rings (SSSR count). The van der Waals surface area contributed by atoms with Gasteiger partial charge in [0.1, 0.15) is 0 Å². The number of rotatable bonds is 4. The summed E-state index contributed by atoms with van der Waals surface area (Å²) < 4.78 is 3.77. The maximum absolute atomic E-state index is 12.7. The van der Waals surface area contributed by atoms with Crippen LogP contribution in [0.25, 0.3) is 5.69 Å². The summed E-state index contributed by atoms with van der Waals surface area (Å²) >= 11 is 0. The third-order valence-electron chi connectivity index (χ3n) is 4.70. The van der Waals surface area contributed by atoms with E-state index in [1.165, 1.54) is 0 Å². The number of carbonyl (C=O) groups is 1. The maximum atomic E-state index is 12.7. The molecule has 0 aliphatic carbocycles. The first-order chi connectivity index (χ1) is 12.7. The van der Waals surface area contributed by atoms with Crippen LogP contribution < -0.4 is 10.6 Å². The van der Waals surface area contributed by atoms with Crippen LogP contribution in [0.1, 0.15) is 35.1 Å². The number of imidazole rings is 1. The summed E-state index contributed by atoms with van der Waals surface area (Å²) in [7, 11) is 0. The van der Waals surface area contributed by atoms with Gasteiger partial charge in [0, 0.05) is 23.8 Å². The molecule has 3 heterocycles. The zero-order valence-corrected chi connectivity index (χ0v) is 14.6. The molecule has 1 saturated heterocycles. The van der Waals surface area contributed by atoms with Crippen molar-refractivity contribution >= 4 is 11.6 Å². The fraction of sp³-hybridized carbons (Fsp3) is 0.333. The summed E-state index contributed by atoms with van der Waals surface area (Å²) in [5.74, 6) is -0.245. The molecule has 26 heavy (non-hydrogen) atoms. The van der Waals surface area contributed by atoms with Gasteiger partial charge in [0.25, 0.3) is 5.91 Å². The molecule has 1 aliphatic heterocycles. The number of piperidine rings is 1. The molecule has 0 atom stereocenters. The smallest absolute Gasteiger partial charge is 0.278 e. The predicted octanol–water partition coefficient (Wildman–Crippen LogP) is 1.95. The summed E-state index contributed by atoms with van der Waals surface area (Å²) in [6.07, 6.45) is 7.29. The van der Waals surface area contributed by atoms with Crippen molar-refractivity contribution in [1.82, 2.24) is 29.9 Å². The Balaban J connectivity index is 1.52. The molecule has 1 fully saturated rings. The number of nitrogens with one attached hydrogen (secondary N) is 2. The SMILES string of the molecule is Cc1c(C(=O)Nc2cccc(-n3ccnc3)c2)nnn1C1CCNCC1. The fourth-order valence-electron chi connectivity index (χ4n) is 3.30. The zero-order valence-electron chi connectivity index (χ0n) is 14.6. The normalized spacial score (nSPS) is 15.1. The minimum atomic E-state index is -0.245.